The van der Waals surface area contributed by atoms with Crippen molar-refractivity contribution in [1.29, 1.82) is 0 Å². The molecule has 0 spiro atoms. The SMILES string of the molecule is Cc1cc(C)n2c(=O)n(Cc3ccccc3)nc2n1. The highest BCUT2D eigenvalue weighted by atomic mass is 16.2. The minimum Gasteiger partial charge on any atom is -0.245 e. The minimum absolute atomic E-state index is 0.149. The van der Waals surface area contributed by atoms with Crippen LogP contribution in [0.3, 0.4) is 0 Å². The zero-order valence-corrected chi connectivity index (χ0v) is 10.9. The molecule has 3 aromatic rings. The van der Waals surface area contributed by atoms with Crippen molar-refractivity contribution in [3.63, 3.8) is 0 Å². The van der Waals surface area contributed by atoms with Crippen molar-refractivity contribution in [2.45, 2.75) is 20.4 Å². The molecular weight excluding hydrogens is 240 g/mol. The lowest BCUT2D eigenvalue weighted by atomic mass is 10.2. The predicted molar refractivity (Wildman–Crippen MR) is 72.3 cm³/mol. The maximum atomic E-state index is 12.3. The second-order valence-corrected chi connectivity index (χ2v) is 4.60. The number of aryl methyl sites for hydroxylation is 2. The Hall–Kier alpha value is -2.43. The first-order valence-corrected chi connectivity index (χ1v) is 6.13. The molecule has 0 N–H and O–H groups in total. The van der Waals surface area contributed by atoms with Gasteiger partial charge in [0, 0.05) is 11.4 Å². The van der Waals surface area contributed by atoms with Crippen molar-refractivity contribution in [2.75, 3.05) is 0 Å². The molecular formula is C14H14N4O. The van der Waals surface area contributed by atoms with Crippen molar-refractivity contribution in [2.24, 2.45) is 0 Å². The lowest BCUT2D eigenvalue weighted by Crippen LogP contribution is -2.22. The Morgan fingerprint density at radius 1 is 1.16 bits per heavy atom. The third-order valence-electron chi connectivity index (χ3n) is 3.04. The van der Waals surface area contributed by atoms with E-state index < -0.39 is 0 Å². The molecule has 0 aliphatic carbocycles. The summed E-state index contributed by atoms with van der Waals surface area (Å²) in [7, 11) is 0. The molecule has 0 amide bonds. The summed E-state index contributed by atoms with van der Waals surface area (Å²) in [6, 6.07) is 11.7. The van der Waals surface area contributed by atoms with Crippen LogP contribution in [0.4, 0.5) is 0 Å². The summed E-state index contributed by atoms with van der Waals surface area (Å²) in [5.74, 6) is 0.457. The van der Waals surface area contributed by atoms with Gasteiger partial charge < -0.3 is 0 Å². The summed E-state index contributed by atoms with van der Waals surface area (Å²) in [5.41, 5.74) is 2.61. The summed E-state index contributed by atoms with van der Waals surface area (Å²) in [6.07, 6.45) is 0. The van der Waals surface area contributed by atoms with Gasteiger partial charge in [-0.25, -0.2) is 18.9 Å². The zero-order valence-electron chi connectivity index (χ0n) is 10.9. The number of aromatic nitrogens is 4. The van der Waals surface area contributed by atoms with Crippen LogP contribution >= 0.6 is 0 Å². The fourth-order valence-electron chi connectivity index (χ4n) is 2.19. The first-order chi connectivity index (χ1) is 9.15. The third-order valence-corrected chi connectivity index (χ3v) is 3.04. The van der Waals surface area contributed by atoms with Crippen LogP contribution in [0.25, 0.3) is 5.78 Å². The number of rotatable bonds is 2. The van der Waals surface area contributed by atoms with Crippen molar-refractivity contribution in [3.05, 3.63) is 63.8 Å². The Balaban J connectivity index is 2.13. The summed E-state index contributed by atoms with van der Waals surface area (Å²) < 4.78 is 2.99. The smallest absolute Gasteiger partial charge is 0.245 e. The first kappa shape index (κ1) is 11.6. The summed E-state index contributed by atoms with van der Waals surface area (Å²) in [4.78, 5) is 16.6. The van der Waals surface area contributed by atoms with E-state index in [0.717, 1.165) is 17.0 Å². The van der Waals surface area contributed by atoms with Crippen LogP contribution in [0.15, 0.2) is 41.2 Å². The molecule has 3 rings (SSSR count). The Morgan fingerprint density at radius 3 is 2.63 bits per heavy atom. The maximum Gasteiger partial charge on any atom is 0.352 e. The molecule has 0 fully saturated rings. The van der Waals surface area contributed by atoms with Gasteiger partial charge in [-0.1, -0.05) is 30.3 Å². The lowest BCUT2D eigenvalue weighted by molar-refractivity contribution is 0.657. The van der Waals surface area contributed by atoms with E-state index in [2.05, 4.69) is 10.1 Å². The number of fused-ring (bicyclic) bond motifs is 1. The van der Waals surface area contributed by atoms with Crippen molar-refractivity contribution < 1.29 is 0 Å². The van der Waals surface area contributed by atoms with Crippen LogP contribution in [0.5, 0.6) is 0 Å². The van der Waals surface area contributed by atoms with Gasteiger partial charge in [0.15, 0.2) is 0 Å². The summed E-state index contributed by atoms with van der Waals surface area (Å²) in [5, 5.41) is 4.29. The highest BCUT2D eigenvalue weighted by Gasteiger charge is 2.10. The van der Waals surface area contributed by atoms with Gasteiger partial charge in [0.25, 0.3) is 5.78 Å². The molecule has 1 aromatic carbocycles. The molecule has 5 heteroatoms. The van der Waals surface area contributed by atoms with Gasteiger partial charge in [-0.2, -0.15) is 0 Å². The maximum absolute atomic E-state index is 12.3. The zero-order chi connectivity index (χ0) is 13.4. The largest absolute Gasteiger partial charge is 0.352 e. The molecule has 5 nitrogen and oxygen atoms in total. The minimum atomic E-state index is -0.149. The molecule has 0 radical (unpaired) electrons. The molecule has 0 saturated heterocycles. The Kier molecular flexibility index (Phi) is 2.67. The monoisotopic (exact) mass is 254 g/mol. The lowest BCUT2D eigenvalue weighted by Gasteiger charge is -1.98. The average Bonchev–Trinajstić information content (AvgIpc) is 2.67. The molecule has 19 heavy (non-hydrogen) atoms. The van der Waals surface area contributed by atoms with Crippen LogP contribution in [0.1, 0.15) is 17.0 Å². The second-order valence-electron chi connectivity index (χ2n) is 4.60. The van der Waals surface area contributed by atoms with Gasteiger partial charge in [-0.3, -0.25) is 0 Å². The van der Waals surface area contributed by atoms with Crippen LogP contribution in [0, 0.1) is 13.8 Å². The molecule has 0 atom stereocenters. The Morgan fingerprint density at radius 2 is 1.89 bits per heavy atom. The van der Waals surface area contributed by atoms with Crippen molar-refractivity contribution >= 4 is 5.78 Å². The van der Waals surface area contributed by atoms with E-state index in [1.807, 2.05) is 50.2 Å². The number of hydrogen-bond donors (Lipinski definition) is 0. The highest BCUT2D eigenvalue weighted by molar-refractivity contribution is 5.30. The third kappa shape index (κ3) is 2.03. The van der Waals surface area contributed by atoms with E-state index in [1.165, 1.54) is 9.08 Å². The first-order valence-electron chi connectivity index (χ1n) is 6.13. The van der Waals surface area contributed by atoms with Crippen molar-refractivity contribution in [1.82, 2.24) is 19.2 Å². The Labute approximate surface area is 110 Å². The summed E-state index contributed by atoms with van der Waals surface area (Å²) >= 11 is 0. The van der Waals surface area contributed by atoms with E-state index in [9.17, 15) is 4.79 Å². The van der Waals surface area contributed by atoms with E-state index >= 15 is 0 Å². The quantitative estimate of drug-likeness (QED) is 0.697. The van der Waals surface area contributed by atoms with Crippen LogP contribution in [0.2, 0.25) is 0 Å². The van der Waals surface area contributed by atoms with Gasteiger partial charge in [-0.15, -0.1) is 5.10 Å². The van der Waals surface area contributed by atoms with E-state index in [-0.39, 0.29) is 5.69 Å². The predicted octanol–water partition coefficient (Wildman–Crippen LogP) is 1.56. The van der Waals surface area contributed by atoms with Gasteiger partial charge in [0.1, 0.15) is 0 Å². The van der Waals surface area contributed by atoms with Gasteiger partial charge >= 0.3 is 5.69 Å². The topological polar surface area (TPSA) is 52.2 Å². The van der Waals surface area contributed by atoms with E-state index in [4.69, 9.17) is 0 Å². The van der Waals surface area contributed by atoms with E-state index in [0.29, 0.717) is 12.3 Å². The molecule has 0 aliphatic heterocycles. The van der Waals surface area contributed by atoms with Crippen molar-refractivity contribution in [3.8, 4) is 0 Å². The molecule has 2 aromatic heterocycles. The number of nitrogens with zero attached hydrogens (tertiary/aromatic N) is 4. The summed E-state index contributed by atoms with van der Waals surface area (Å²) in [6.45, 7) is 4.24. The normalized spacial score (nSPS) is 11.1. The number of benzene rings is 1. The molecule has 0 bridgehead atoms. The average molecular weight is 254 g/mol. The molecule has 0 unspecified atom stereocenters. The standard InChI is InChI=1S/C14H14N4O/c1-10-8-11(2)18-13(15-10)16-17(14(18)19)9-12-6-4-3-5-7-12/h3-8H,9H2,1-2H3. The highest BCUT2D eigenvalue weighted by Crippen LogP contribution is 2.04. The Bertz CT molecular complexity index is 786. The molecule has 96 valence electrons. The van der Waals surface area contributed by atoms with Gasteiger partial charge in [0.2, 0.25) is 0 Å². The van der Waals surface area contributed by atoms with Crippen LogP contribution in [-0.2, 0) is 6.54 Å². The fourth-order valence-corrected chi connectivity index (χ4v) is 2.19. The number of hydrogen-bond acceptors (Lipinski definition) is 3. The van der Waals surface area contributed by atoms with Crippen LogP contribution < -0.4 is 5.69 Å². The van der Waals surface area contributed by atoms with E-state index in [1.54, 1.807) is 0 Å². The second kappa shape index (κ2) is 4.35. The molecule has 0 saturated carbocycles. The van der Waals surface area contributed by atoms with Crippen LogP contribution in [-0.4, -0.2) is 19.2 Å². The fraction of sp³-hybridized carbons (Fsp3) is 0.214. The molecule has 2 heterocycles. The molecule has 0 aliphatic rings. The van der Waals surface area contributed by atoms with Gasteiger partial charge in [-0.05, 0) is 25.5 Å². The van der Waals surface area contributed by atoms with Gasteiger partial charge in [0.05, 0.1) is 6.54 Å².